The molecule has 0 saturated carbocycles. The molecule has 0 heterocycles. The Morgan fingerprint density at radius 3 is 2.31 bits per heavy atom. The fourth-order valence-electron chi connectivity index (χ4n) is 1.22. The summed E-state index contributed by atoms with van der Waals surface area (Å²) >= 11 is 0. The van der Waals surface area contributed by atoms with Gasteiger partial charge in [0.15, 0.2) is 6.29 Å². The lowest BCUT2D eigenvalue weighted by atomic mass is 10.2. The second kappa shape index (κ2) is 6.09. The molecule has 0 spiro atoms. The predicted molar refractivity (Wildman–Crippen MR) is 61.3 cm³/mol. The Balaban J connectivity index is 2.52. The first-order valence-electron chi connectivity index (χ1n) is 4.86. The SMILES string of the molecule is COC(CNc1ccc(C(N)=O)cc1)OC. The van der Waals surface area contributed by atoms with Gasteiger partial charge in [0.25, 0.3) is 0 Å². The Hall–Kier alpha value is -1.59. The highest BCUT2D eigenvalue weighted by Gasteiger charge is 2.04. The van der Waals surface area contributed by atoms with Crippen LogP contribution in [-0.4, -0.2) is 33.0 Å². The fourth-order valence-corrected chi connectivity index (χ4v) is 1.22. The molecular weight excluding hydrogens is 208 g/mol. The van der Waals surface area contributed by atoms with Crippen molar-refractivity contribution in [3.05, 3.63) is 29.8 Å². The smallest absolute Gasteiger partial charge is 0.248 e. The normalized spacial score (nSPS) is 10.4. The molecule has 0 radical (unpaired) electrons. The van der Waals surface area contributed by atoms with Crippen LogP contribution in [0.2, 0.25) is 0 Å². The number of anilines is 1. The van der Waals surface area contributed by atoms with Gasteiger partial charge in [-0.3, -0.25) is 4.79 Å². The van der Waals surface area contributed by atoms with Crippen LogP contribution < -0.4 is 11.1 Å². The monoisotopic (exact) mass is 224 g/mol. The molecule has 1 aromatic rings. The average Bonchev–Trinajstić information content (AvgIpc) is 2.31. The van der Waals surface area contributed by atoms with Crippen molar-refractivity contribution in [2.24, 2.45) is 5.73 Å². The molecular formula is C11H16N2O3. The maximum absolute atomic E-state index is 10.8. The van der Waals surface area contributed by atoms with Crippen LogP contribution in [0.3, 0.4) is 0 Å². The quantitative estimate of drug-likeness (QED) is 0.701. The summed E-state index contributed by atoms with van der Waals surface area (Å²) in [6.45, 7) is 0.531. The summed E-state index contributed by atoms with van der Waals surface area (Å²) in [4.78, 5) is 10.8. The van der Waals surface area contributed by atoms with Crippen molar-refractivity contribution in [3.63, 3.8) is 0 Å². The van der Waals surface area contributed by atoms with Crippen LogP contribution in [-0.2, 0) is 9.47 Å². The summed E-state index contributed by atoms with van der Waals surface area (Å²) in [7, 11) is 3.15. The number of ether oxygens (including phenoxy) is 2. The van der Waals surface area contributed by atoms with Crippen LogP contribution in [0, 0.1) is 0 Å². The molecule has 3 N–H and O–H groups in total. The van der Waals surface area contributed by atoms with Gasteiger partial charge in [-0.05, 0) is 24.3 Å². The minimum absolute atomic E-state index is 0.296. The second-order valence-electron chi connectivity index (χ2n) is 3.22. The van der Waals surface area contributed by atoms with E-state index in [0.717, 1.165) is 5.69 Å². The van der Waals surface area contributed by atoms with E-state index < -0.39 is 5.91 Å². The molecule has 0 aliphatic rings. The van der Waals surface area contributed by atoms with Gasteiger partial charge < -0.3 is 20.5 Å². The summed E-state index contributed by atoms with van der Waals surface area (Å²) in [5.74, 6) is -0.432. The number of carbonyl (C=O) groups excluding carboxylic acids is 1. The third-order valence-corrected chi connectivity index (χ3v) is 2.17. The summed E-state index contributed by atoms with van der Waals surface area (Å²) in [5, 5.41) is 3.11. The van der Waals surface area contributed by atoms with Crippen LogP contribution in [0.4, 0.5) is 5.69 Å². The van der Waals surface area contributed by atoms with Gasteiger partial charge in [-0.15, -0.1) is 0 Å². The number of primary amides is 1. The Morgan fingerprint density at radius 2 is 1.88 bits per heavy atom. The Morgan fingerprint density at radius 1 is 1.31 bits per heavy atom. The predicted octanol–water partition coefficient (Wildman–Crippen LogP) is 0.816. The van der Waals surface area contributed by atoms with Gasteiger partial charge in [0.1, 0.15) is 0 Å². The van der Waals surface area contributed by atoms with E-state index in [4.69, 9.17) is 15.2 Å². The third kappa shape index (κ3) is 3.52. The molecule has 1 rings (SSSR count). The zero-order valence-electron chi connectivity index (χ0n) is 9.40. The topological polar surface area (TPSA) is 73.6 Å². The van der Waals surface area contributed by atoms with Gasteiger partial charge in [-0.2, -0.15) is 0 Å². The van der Waals surface area contributed by atoms with Gasteiger partial charge in [0.05, 0.1) is 6.54 Å². The van der Waals surface area contributed by atoms with E-state index in [1.807, 2.05) is 0 Å². The highest BCUT2D eigenvalue weighted by molar-refractivity contribution is 5.93. The molecule has 0 atom stereocenters. The van der Waals surface area contributed by atoms with Crippen molar-refractivity contribution in [2.75, 3.05) is 26.1 Å². The Bertz CT molecular complexity index is 334. The summed E-state index contributed by atoms with van der Waals surface area (Å²) in [6.07, 6.45) is -0.296. The van der Waals surface area contributed by atoms with Crippen LogP contribution >= 0.6 is 0 Å². The van der Waals surface area contributed by atoms with Crippen LogP contribution in [0.25, 0.3) is 0 Å². The molecule has 5 heteroatoms. The van der Waals surface area contributed by atoms with Crippen molar-refractivity contribution in [1.82, 2.24) is 0 Å². The molecule has 0 bridgehead atoms. The number of hydrogen-bond donors (Lipinski definition) is 2. The largest absolute Gasteiger partial charge is 0.380 e. The highest BCUT2D eigenvalue weighted by atomic mass is 16.7. The van der Waals surface area contributed by atoms with Gasteiger partial charge in [-0.25, -0.2) is 0 Å². The van der Waals surface area contributed by atoms with Gasteiger partial charge >= 0.3 is 0 Å². The first-order chi connectivity index (χ1) is 7.67. The molecule has 0 aliphatic carbocycles. The summed E-state index contributed by atoms with van der Waals surface area (Å²) < 4.78 is 10.0. The van der Waals surface area contributed by atoms with E-state index in [-0.39, 0.29) is 6.29 Å². The van der Waals surface area contributed by atoms with Gasteiger partial charge in [-0.1, -0.05) is 0 Å². The number of amides is 1. The van der Waals surface area contributed by atoms with Crippen molar-refractivity contribution >= 4 is 11.6 Å². The lowest BCUT2D eigenvalue weighted by Gasteiger charge is -2.14. The molecule has 5 nitrogen and oxygen atoms in total. The average molecular weight is 224 g/mol. The van der Waals surface area contributed by atoms with Crippen molar-refractivity contribution in [1.29, 1.82) is 0 Å². The zero-order chi connectivity index (χ0) is 12.0. The van der Waals surface area contributed by atoms with Crippen LogP contribution in [0.15, 0.2) is 24.3 Å². The molecule has 0 fully saturated rings. The number of nitrogens with one attached hydrogen (secondary N) is 1. The first kappa shape index (κ1) is 12.5. The van der Waals surface area contributed by atoms with Crippen molar-refractivity contribution < 1.29 is 14.3 Å². The molecule has 0 saturated heterocycles. The Kier molecular flexibility index (Phi) is 4.75. The maximum atomic E-state index is 10.8. The fraction of sp³-hybridized carbons (Fsp3) is 0.364. The number of carbonyl (C=O) groups is 1. The molecule has 88 valence electrons. The minimum atomic E-state index is -0.432. The number of hydrogen-bond acceptors (Lipinski definition) is 4. The van der Waals surface area contributed by atoms with E-state index in [9.17, 15) is 4.79 Å². The minimum Gasteiger partial charge on any atom is -0.380 e. The molecule has 0 aliphatic heterocycles. The summed E-state index contributed by atoms with van der Waals surface area (Å²) in [5.41, 5.74) is 6.50. The maximum Gasteiger partial charge on any atom is 0.248 e. The Labute approximate surface area is 94.5 Å². The van der Waals surface area contributed by atoms with Crippen molar-refractivity contribution in [3.8, 4) is 0 Å². The standard InChI is InChI=1S/C11H16N2O3/c1-15-10(16-2)7-13-9-5-3-8(4-6-9)11(12)14/h3-6,10,13H,7H2,1-2H3,(H2,12,14). The number of rotatable bonds is 6. The molecule has 0 aromatic heterocycles. The van der Waals surface area contributed by atoms with Gasteiger partial charge in [0, 0.05) is 25.5 Å². The molecule has 1 amide bonds. The molecule has 16 heavy (non-hydrogen) atoms. The number of benzene rings is 1. The van der Waals surface area contributed by atoms with Crippen LogP contribution in [0.1, 0.15) is 10.4 Å². The summed E-state index contributed by atoms with van der Waals surface area (Å²) in [6, 6.07) is 6.89. The van der Waals surface area contributed by atoms with E-state index in [1.165, 1.54) is 0 Å². The highest BCUT2D eigenvalue weighted by Crippen LogP contribution is 2.09. The van der Waals surface area contributed by atoms with Crippen molar-refractivity contribution in [2.45, 2.75) is 6.29 Å². The van der Waals surface area contributed by atoms with E-state index in [1.54, 1.807) is 38.5 Å². The molecule has 1 aromatic carbocycles. The third-order valence-electron chi connectivity index (χ3n) is 2.17. The number of methoxy groups -OCH3 is 2. The first-order valence-corrected chi connectivity index (χ1v) is 4.86. The molecule has 0 unspecified atom stereocenters. The lowest BCUT2D eigenvalue weighted by molar-refractivity contribution is -0.0914. The second-order valence-corrected chi connectivity index (χ2v) is 3.22. The van der Waals surface area contributed by atoms with Crippen LogP contribution in [0.5, 0.6) is 0 Å². The zero-order valence-corrected chi connectivity index (χ0v) is 9.40. The van der Waals surface area contributed by atoms with E-state index >= 15 is 0 Å². The lowest BCUT2D eigenvalue weighted by Crippen LogP contribution is -2.23. The number of nitrogens with two attached hydrogens (primary N) is 1. The van der Waals surface area contributed by atoms with E-state index in [2.05, 4.69) is 5.32 Å². The van der Waals surface area contributed by atoms with E-state index in [0.29, 0.717) is 12.1 Å². The van der Waals surface area contributed by atoms with Gasteiger partial charge in [0.2, 0.25) is 5.91 Å².